The summed E-state index contributed by atoms with van der Waals surface area (Å²) in [4.78, 5) is 32.6. The summed E-state index contributed by atoms with van der Waals surface area (Å²) in [6, 6.07) is 24.4. The number of para-hydroxylation sites is 1. The van der Waals surface area contributed by atoms with E-state index >= 15 is 0 Å². The summed E-state index contributed by atoms with van der Waals surface area (Å²) in [5.74, 6) is -0.912. The van der Waals surface area contributed by atoms with E-state index in [1.165, 1.54) is 27.4 Å². The SMILES string of the molecule is CSc1ccc([C@@H]2C3=C(N=c4s/c(=C\c5cn(CC(=O)O)c6ccccc56)c(=O)n42)c2ccccc2CC3)cc1. The number of hydrogen-bond donors (Lipinski definition) is 1. The molecule has 8 heteroatoms. The molecule has 5 aromatic rings. The number of carboxylic acids is 1. The number of thioether (sulfide) groups is 1. The van der Waals surface area contributed by atoms with Crippen LogP contribution in [0.1, 0.15) is 34.7 Å². The van der Waals surface area contributed by atoms with Crippen LogP contribution in [0.15, 0.2) is 99.2 Å². The van der Waals surface area contributed by atoms with Crippen LogP contribution in [0, 0.1) is 0 Å². The third kappa shape index (κ3) is 4.06. The number of allylic oxidation sites excluding steroid dienone is 1. The van der Waals surface area contributed by atoms with Crippen LogP contribution < -0.4 is 14.9 Å². The van der Waals surface area contributed by atoms with E-state index in [4.69, 9.17) is 4.99 Å². The summed E-state index contributed by atoms with van der Waals surface area (Å²) in [5.41, 5.74) is 7.21. The monoisotopic (exact) mass is 563 g/mol. The van der Waals surface area contributed by atoms with Crippen molar-refractivity contribution in [2.45, 2.75) is 30.3 Å². The van der Waals surface area contributed by atoms with E-state index in [0.717, 1.165) is 46.1 Å². The Kier molecular flexibility index (Phi) is 6.09. The van der Waals surface area contributed by atoms with Gasteiger partial charge in [0.25, 0.3) is 5.56 Å². The highest BCUT2D eigenvalue weighted by Gasteiger charge is 2.32. The Bertz CT molecular complexity index is 2030. The highest BCUT2D eigenvalue weighted by Crippen LogP contribution is 2.41. The molecule has 0 bridgehead atoms. The van der Waals surface area contributed by atoms with Gasteiger partial charge in [0.05, 0.1) is 16.3 Å². The predicted octanol–water partition coefficient (Wildman–Crippen LogP) is 5.08. The minimum absolute atomic E-state index is 0.0804. The largest absolute Gasteiger partial charge is 0.480 e. The molecule has 0 radical (unpaired) electrons. The van der Waals surface area contributed by atoms with Gasteiger partial charge in [-0.15, -0.1) is 11.8 Å². The lowest BCUT2D eigenvalue weighted by molar-refractivity contribution is -0.137. The number of carboxylic acid groups (broad SMARTS) is 1. The van der Waals surface area contributed by atoms with Gasteiger partial charge in [0.15, 0.2) is 4.80 Å². The van der Waals surface area contributed by atoms with Crippen LogP contribution in [0.25, 0.3) is 22.7 Å². The first-order valence-corrected chi connectivity index (χ1v) is 15.1. The van der Waals surface area contributed by atoms with Crippen LogP contribution in [-0.2, 0) is 17.8 Å². The van der Waals surface area contributed by atoms with E-state index < -0.39 is 5.97 Å². The molecule has 3 aromatic carbocycles. The average Bonchev–Trinajstić information content (AvgIpc) is 3.48. The van der Waals surface area contributed by atoms with Gasteiger partial charge in [-0.1, -0.05) is 65.9 Å². The molecule has 0 amide bonds. The second kappa shape index (κ2) is 9.80. The Hall–Kier alpha value is -4.14. The van der Waals surface area contributed by atoms with E-state index in [1.54, 1.807) is 16.3 Å². The maximum atomic E-state index is 14.1. The Labute approximate surface area is 238 Å². The average molecular weight is 564 g/mol. The van der Waals surface area contributed by atoms with E-state index in [1.807, 2.05) is 41.1 Å². The summed E-state index contributed by atoms with van der Waals surface area (Å²) >= 11 is 3.09. The molecule has 7 rings (SSSR count). The Morgan fingerprint density at radius 1 is 1.07 bits per heavy atom. The highest BCUT2D eigenvalue weighted by molar-refractivity contribution is 7.98. The van der Waals surface area contributed by atoms with Crippen LogP contribution in [-0.4, -0.2) is 26.5 Å². The minimum Gasteiger partial charge on any atom is -0.480 e. The quantitative estimate of drug-likeness (QED) is 0.303. The lowest BCUT2D eigenvalue weighted by atomic mass is 9.83. The fraction of sp³-hybridized carbons (Fsp3) is 0.156. The van der Waals surface area contributed by atoms with Crippen molar-refractivity contribution in [3.8, 4) is 0 Å². The summed E-state index contributed by atoms with van der Waals surface area (Å²) < 4.78 is 4.15. The maximum absolute atomic E-state index is 14.1. The van der Waals surface area contributed by atoms with Crippen LogP contribution in [0.4, 0.5) is 0 Å². The van der Waals surface area contributed by atoms with Gasteiger partial charge in [0.1, 0.15) is 6.54 Å². The van der Waals surface area contributed by atoms with Gasteiger partial charge in [0, 0.05) is 33.1 Å². The normalized spacial score (nSPS) is 16.4. The molecule has 0 saturated heterocycles. The first-order chi connectivity index (χ1) is 19.5. The number of carbonyl (C=O) groups is 1. The van der Waals surface area contributed by atoms with E-state index in [0.29, 0.717) is 9.33 Å². The summed E-state index contributed by atoms with van der Waals surface area (Å²) in [6.07, 6.45) is 7.52. The summed E-state index contributed by atoms with van der Waals surface area (Å²) in [7, 11) is 0. The van der Waals surface area contributed by atoms with Gasteiger partial charge in [-0.3, -0.25) is 14.2 Å². The fourth-order valence-corrected chi connectivity index (χ4v) is 7.32. The third-order valence-electron chi connectivity index (χ3n) is 7.72. The molecule has 198 valence electrons. The summed E-state index contributed by atoms with van der Waals surface area (Å²) in [6.45, 7) is -0.145. The summed E-state index contributed by atoms with van der Waals surface area (Å²) in [5, 5.41) is 10.3. The van der Waals surface area contributed by atoms with E-state index in [9.17, 15) is 14.7 Å². The molecular formula is C32H25N3O3S2. The smallest absolute Gasteiger partial charge is 0.323 e. The van der Waals surface area contributed by atoms with Crippen LogP contribution >= 0.6 is 23.1 Å². The van der Waals surface area contributed by atoms with Crippen LogP contribution in [0.5, 0.6) is 0 Å². The van der Waals surface area contributed by atoms with E-state index in [-0.39, 0.29) is 18.1 Å². The molecule has 1 aliphatic carbocycles. The number of aliphatic carboxylic acids is 1. The zero-order valence-corrected chi connectivity index (χ0v) is 23.3. The molecule has 2 aliphatic rings. The van der Waals surface area contributed by atoms with Crippen LogP contribution in [0.2, 0.25) is 0 Å². The van der Waals surface area contributed by atoms with Gasteiger partial charge in [-0.05, 0) is 60.1 Å². The molecule has 0 unspecified atom stereocenters. The second-order valence-electron chi connectivity index (χ2n) is 10.0. The minimum atomic E-state index is -0.912. The first-order valence-electron chi connectivity index (χ1n) is 13.1. The maximum Gasteiger partial charge on any atom is 0.323 e. The number of aromatic nitrogens is 2. The zero-order chi connectivity index (χ0) is 27.4. The van der Waals surface area contributed by atoms with Crippen molar-refractivity contribution in [1.29, 1.82) is 0 Å². The molecule has 1 N–H and O–H groups in total. The van der Waals surface area contributed by atoms with Crippen molar-refractivity contribution in [1.82, 2.24) is 9.13 Å². The molecule has 2 aromatic heterocycles. The number of nitrogens with zero attached hydrogens (tertiary/aromatic N) is 3. The zero-order valence-electron chi connectivity index (χ0n) is 21.7. The number of hydrogen-bond acceptors (Lipinski definition) is 5. The molecular weight excluding hydrogens is 539 g/mol. The van der Waals surface area contributed by atoms with Crippen molar-refractivity contribution in [2.24, 2.45) is 4.99 Å². The van der Waals surface area contributed by atoms with Crippen molar-refractivity contribution in [2.75, 3.05) is 6.26 Å². The number of fused-ring (bicyclic) bond motifs is 4. The van der Waals surface area contributed by atoms with Gasteiger partial charge < -0.3 is 9.67 Å². The third-order valence-corrected chi connectivity index (χ3v) is 9.44. The Morgan fingerprint density at radius 2 is 1.85 bits per heavy atom. The van der Waals surface area contributed by atoms with E-state index in [2.05, 4.69) is 54.8 Å². The number of thiazole rings is 1. The Balaban J connectivity index is 1.46. The number of aryl methyl sites for hydroxylation is 1. The molecule has 0 fully saturated rings. The van der Waals surface area contributed by atoms with Crippen LogP contribution in [0.3, 0.4) is 0 Å². The fourth-order valence-electron chi connectivity index (χ4n) is 5.92. The molecule has 1 atom stereocenters. The number of benzene rings is 3. The highest BCUT2D eigenvalue weighted by atomic mass is 32.2. The van der Waals surface area contributed by atoms with Gasteiger partial charge in [0.2, 0.25) is 0 Å². The topological polar surface area (TPSA) is 76.6 Å². The molecule has 40 heavy (non-hydrogen) atoms. The molecule has 0 spiro atoms. The lowest BCUT2D eigenvalue weighted by Gasteiger charge is -2.30. The Morgan fingerprint density at radius 3 is 2.65 bits per heavy atom. The molecule has 0 saturated carbocycles. The first kappa shape index (κ1) is 24.9. The number of rotatable bonds is 5. The lowest BCUT2D eigenvalue weighted by Crippen LogP contribution is -2.38. The van der Waals surface area contributed by atoms with Crippen molar-refractivity contribution < 1.29 is 9.90 Å². The second-order valence-corrected chi connectivity index (χ2v) is 11.9. The van der Waals surface area contributed by atoms with Crippen molar-refractivity contribution >= 4 is 51.7 Å². The van der Waals surface area contributed by atoms with Gasteiger partial charge in [-0.2, -0.15) is 0 Å². The molecule has 6 nitrogen and oxygen atoms in total. The van der Waals surface area contributed by atoms with Gasteiger partial charge >= 0.3 is 5.97 Å². The van der Waals surface area contributed by atoms with Gasteiger partial charge in [-0.25, -0.2) is 4.99 Å². The molecule has 3 heterocycles. The predicted molar refractivity (Wildman–Crippen MR) is 161 cm³/mol. The van der Waals surface area contributed by atoms with Crippen molar-refractivity contribution in [3.05, 3.63) is 127 Å². The standard InChI is InChI=1S/C32H25N3O3S2/c1-39-22-13-10-20(11-14-22)30-25-15-12-19-6-2-3-8-24(19)29(25)33-32-35(30)31(38)27(40-32)16-21-17-34(18-28(36)37)26-9-5-4-7-23(21)26/h2-11,13-14,16-17,30H,12,15,18H2,1H3,(H,36,37)/b27-16-/t30-/m1/s1. The molecule has 1 aliphatic heterocycles. The van der Waals surface area contributed by atoms with Crippen molar-refractivity contribution in [3.63, 3.8) is 0 Å².